The first-order valence-corrected chi connectivity index (χ1v) is 7.99. The molecule has 2 atom stereocenters. The molecule has 0 spiro atoms. The van der Waals surface area contributed by atoms with Gasteiger partial charge < -0.3 is 10.6 Å². The van der Waals surface area contributed by atoms with Crippen LogP contribution < -0.4 is 10.6 Å². The molecule has 3 rings (SSSR count). The van der Waals surface area contributed by atoms with Crippen molar-refractivity contribution in [2.75, 3.05) is 24.5 Å². The van der Waals surface area contributed by atoms with Gasteiger partial charge in [-0.3, -0.25) is 4.90 Å². The Balaban J connectivity index is 1.82. The van der Waals surface area contributed by atoms with Crippen LogP contribution in [0.3, 0.4) is 0 Å². The van der Waals surface area contributed by atoms with E-state index in [-0.39, 0.29) is 0 Å². The molecule has 2 N–H and O–H groups in total. The van der Waals surface area contributed by atoms with E-state index in [0.717, 1.165) is 6.04 Å². The molecule has 3 nitrogen and oxygen atoms in total. The van der Waals surface area contributed by atoms with Gasteiger partial charge in [-0.2, -0.15) is 0 Å². The summed E-state index contributed by atoms with van der Waals surface area (Å²) in [5.74, 6) is 0. The average molecular weight is 273 g/mol. The lowest BCUT2D eigenvalue weighted by atomic mass is 9.96. The standard InChI is InChI=1S/C17H27N3/c1-13-9-15(10-18)6-7-17(13)20-12-16-5-3-4-8-19(16)11-14(20)2/h6-7,9,14,16H,3-5,8,10-12,18H2,1-2H3. The van der Waals surface area contributed by atoms with Crippen molar-refractivity contribution in [2.24, 2.45) is 5.73 Å². The third-order valence-electron chi connectivity index (χ3n) is 4.99. The molecular weight excluding hydrogens is 246 g/mol. The Morgan fingerprint density at radius 2 is 2.10 bits per heavy atom. The summed E-state index contributed by atoms with van der Waals surface area (Å²) in [6, 6.07) is 8.06. The number of nitrogens with zero attached hydrogens (tertiary/aromatic N) is 2. The molecule has 0 bridgehead atoms. The fraction of sp³-hybridized carbons (Fsp3) is 0.647. The lowest BCUT2D eigenvalue weighted by Gasteiger charge is -2.48. The molecule has 2 fully saturated rings. The average Bonchev–Trinajstić information content (AvgIpc) is 2.46. The maximum atomic E-state index is 5.74. The van der Waals surface area contributed by atoms with Gasteiger partial charge in [-0.25, -0.2) is 0 Å². The molecule has 0 aliphatic carbocycles. The van der Waals surface area contributed by atoms with Crippen LogP contribution in [-0.2, 0) is 6.54 Å². The summed E-state index contributed by atoms with van der Waals surface area (Å²) >= 11 is 0. The monoisotopic (exact) mass is 273 g/mol. The van der Waals surface area contributed by atoms with Crippen LogP contribution in [-0.4, -0.2) is 36.6 Å². The van der Waals surface area contributed by atoms with Gasteiger partial charge in [-0.05, 0) is 50.4 Å². The number of hydrogen-bond donors (Lipinski definition) is 1. The van der Waals surface area contributed by atoms with Crippen LogP contribution in [0.1, 0.15) is 37.3 Å². The van der Waals surface area contributed by atoms with Crippen molar-refractivity contribution in [1.29, 1.82) is 0 Å². The van der Waals surface area contributed by atoms with Crippen LogP contribution in [0.25, 0.3) is 0 Å². The third-order valence-corrected chi connectivity index (χ3v) is 4.99. The predicted molar refractivity (Wildman–Crippen MR) is 85.1 cm³/mol. The first kappa shape index (κ1) is 13.9. The van der Waals surface area contributed by atoms with Gasteiger partial charge in [0.15, 0.2) is 0 Å². The smallest absolute Gasteiger partial charge is 0.0399 e. The number of fused-ring (bicyclic) bond motifs is 1. The highest BCUT2D eigenvalue weighted by atomic mass is 15.3. The fourth-order valence-electron chi connectivity index (χ4n) is 3.85. The lowest BCUT2D eigenvalue weighted by molar-refractivity contribution is 0.115. The molecule has 110 valence electrons. The second-order valence-corrected chi connectivity index (χ2v) is 6.47. The Morgan fingerprint density at radius 1 is 1.25 bits per heavy atom. The van der Waals surface area contributed by atoms with Gasteiger partial charge in [0, 0.05) is 37.4 Å². The first-order valence-electron chi connectivity index (χ1n) is 7.99. The number of piperidine rings is 1. The van der Waals surface area contributed by atoms with Crippen LogP contribution in [0.4, 0.5) is 5.69 Å². The van der Waals surface area contributed by atoms with Crippen molar-refractivity contribution < 1.29 is 0 Å². The second-order valence-electron chi connectivity index (χ2n) is 6.47. The molecule has 2 saturated heterocycles. The number of benzene rings is 1. The summed E-state index contributed by atoms with van der Waals surface area (Å²) in [4.78, 5) is 5.32. The van der Waals surface area contributed by atoms with Gasteiger partial charge in [-0.15, -0.1) is 0 Å². The molecule has 2 aliphatic heterocycles. The van der Waals surface area contributed by atoms with E-state index in [4.69, 9.17) is 5.73 Å². The molecule has 2 aliphatic rings. The summed E-state index contributed by atoms with van der Waals surface area (Å²) in [5.41, 5.74) is 9.74. The van der Waals surface area contributed by atoms with Crippen molar-refractivity contribution in [1.82, 2.24) is 4.90 Å². The molecule has 2 heterocycles. The molecule has 0 radical (unpaired) electrons. The highest BCUT2D eigenvalue weighted by molar-refractivity contribution is 5.55. The van der Waals surface area contributed by atoms with E-state index < -0.39 is 0 Å². The minimum Gasteiger partial charge on any atom is -0.366 e. The first-order chi connectivity index (χ1) is 9.69. The number of rotatable bonds is 2. The minimum atomic E-state index is 0.603. The number of hydrogen-bond acceptors (Lipinski definition) is 3. The van der Waals surface area contributed by atoms with Crippen LogP contribution in [0.15, 0.2) is 18.2 Å². The van der Waals surface area contributed by atoms with Gasteiger partial charge >= 0.3 is 0 Å². The largest absolute Gasteiger partial charge is 0.366 e. The number of aryl methyl sites for hydroxylation is 1. The van der Waals surface area contributed by atoms with E-state index >= 15 is 0 Å². The van der Waals surface area contributed by atoms with E-state index in [0.29, 0.717) is 12.6 Å². The molecular formula is C17H27N3. The molecule has 1 aromatic rings. The van der Waals surface area contributed by atoms with E-state index in [1.807, 2.05) is 0 Å². The van der Waals surface area contributed by atoms with Crippen LogP contribution >= 0.6 is 0 Å². The quantitative estimate of drug-likeness (QED) is 0.898. The van der Waals surface area contributed by atoms with Crippen molar-refractivity contribution in [2.45, 2.75) is 51.7 Å². The SMILES string of the molecule is Cc1cc(CN)ccc1N1CC2CCCCN2CC1C. The van der Waals surface area contributed by atoms with E-state index in [1.54, 1.807) is 0 Å². The summed E-state index contributed by atoms with van der Waals surface area (Å²) < 4.78 is 0. The maximum absolute atomic E-state index is 5.74. The van der Waals surface area contributed by atoms with Crippen molar-refractivity contribution in [3.8, 4) is 0 Å². The number of piperazine rings is 1. The molecule has 2 unspecified atom stereocenters. The third kappa shape index (κ3) is 2.57. The van der Waals surface area contributed by atoms with Gasteiger partial charge in [0.1, 0.15) is 0 Å². The Hall–Kier alpha value is -1.06. The molecule has 1 aromatic carbocycles. The Bertz CT molecular complexity index is 471. The highest BCUT2D eigenvalue weighted by Crippen LogP contribution is 2.30. The Labute approximate surface area is 122 Å². The molecule has 0 aromatic heterocycles. The highest BCUT2D eigenvalue weighted by Gasteiger charge is 2.33. The minimum absolute atomic E-state index is 0.603. The lowest BCUT2D eigenvalue weighted by Crippen LogP contribution is -2.59. The van der Waals surface area contributed by atoms with Crippen LogP contribution in [0.5, 0.6) is 0 Å². The Morgan fingerprint density at radius 3 is 2.85 bits per heavy atom. The van der Waals surface area contributed by atoms with Gasteiger partial charge in [0.05, 0.1) is 0 Å². The molecule has 20 heavy (non-hydrogen) atoms. The zero-order valence-corrected chi connectivity index (χ0v) is 12.8. The topological polar surface area (TPSA) is 32.5 Å². The van der Waals surface area contributed by atoms with Gasteiger partial charge in [0.25, 0.3) is 0 Å². The molecule has 0 saturated carbocycles. The molecule has 3 heteroatoms. The zero-order valence-electron chi connectivity index (χ0n) is 12.8. The predicted octanol–water partition coefficient (Wildman–Crippen LogP) is 2.52. The number of nitrogens with two attached hydrogens (primary N) is 1. The van der Waals surface area contributed by atoms with Gasteiger partial charge in [-0.1, -0.05) is 18.6 Å². The van der Waals surface area contributed by atoms with Crippen LogP contribution in [0.2, 0.25) is 0 Å². The normalized spacial score (nSPS) is 27.4. The second kappa shape index (κ2) is 5.74. The molecule has 0 amide bonds. The van der Waals surface area contributed by atoms with Gasteiger partial charge in [0.2, 0.25) is 0 Å². The van der Waals surface area contributed by atoms with E-state index in [9.17, 15) is 0 Å². The van der Waals surface area contributed by atoms with E-state index in [1.165, 1.54) is 55.7 Å². The fourth-order valence-corrected chi connectivity index (χ4v) is 3.85. The summed E-state index contributed by atoms with van der Waals surface area (Å²) in [6.07, 6.45) is 4.14. The summed E-state index contributed by atoms with van der Waals surface area (Å²) in [6.45, 7) is 8.91. The van der Waals surface area contributed by atoms with Crippen LogP contribution in [0, 0.1) is 6.92 Å². The van der Waals surface area contributed by atoms with Crippen molar-refractivity contribution >= 4 is 5.69 Å². The summed E-state index contributed by atoms with van der Waals surface area (Å²) in [5, 5.41) is 0. The zero-order chi connectivity index (χ0) is 14.1. The van der Waals surface area contributed by atoms with E-state index in [2.05, 4.69) is 41.8 Å². The van der Waals surface area contributed by atoms with Crippen molar-refractivity contribution in [3.63, 3.8) is 0 Å². The summed E-state index contributed by atoms with van der Waals surface area (Å²) in [7, 11) is 0. The maximum Gasteiger partial charge on any atom is 0.0399 e. The van der Waals surface area contributed by atoms with Crippen molar-refractivity contribution in [3.05, 3.63) is 29.3 Å². The number of anilines is 1. The Kier molecular flexibility index (Phi) is 3.99.